The molecule has 6 heteroatoms. The third-order valence-electron chi connectivity index (χ3n) is 5.40. The van der Waals surface area contributed by atoms with E-state index < -0.39 is 0 Å². The average Bonchev–Trinajstić information content (AvgIpc) is 3.06. The van der Waals surface area contributed by atoms with Crippen LogP contribution in [0.15, 0.2) is 36.7 Å². The minimum atomic E-state index is 0.543. The number of fused-ring (bicyclic) bond motifs is 1. The van der Waals surface area contributed by atoms with Gasteiger partial charge in [-0.15, -0.1) is 0 Å². The molecule has 0 N–H and O–H groups in total. The molecule has 2 aliphatic rings. The van der Waals surface area contributed by atoms with Crippen molar-refractivity contribution in [2.75, 3.05) is 58.0 Å². The highest BCUT2D eigenvalue weighted by molar-refractivity contribution is 5.60. The molecule has 1 atom stereocenters. The third-order valence-corrected chi connectivity index (χ3v) is 5.40. The Kier molecular flexibility index (Phi) is 5.97. The average molecular weight is 368 g/mol. The third kappa shape index (κ3) is 4.46. The van der Waals surface area contributed by atoms with Gasteiger partial charge < -0.3 is 14.4 Å². The molecule has 2 aliphatic heterocycles. The van der Waals surface area contributed by atoms with E-state index in [1.807, 2.05) is 12.4 Å². The summed E-state index contributed by atoms with van der Waals surface area (Å²) in [4.78, 5) is 14.0. The Labute approximate surface area is 161 Å². The van der Waals surface area contributed by atoms with E-state index in [-0.39, 0.29) is 0 Å². The SMILES string of the molecule is COCCc1ncc(CN2CC(CN3CCOCC3)c3ccccc32)cn1. The maximum Gasteiger partial charge on any atom is 0.130 e. The number of hydrogen-bond acceptors (Lipinski definition) is 6. The van der Waals surface area contributed by atoms with Gasteiger partial charge in [0.05, 0.1) is 19.8 Å². The van der Waals surface area contributed by atoms with Gasteiger partial charge in [-0.1, -0.05) is 18.2 Å². The highest BCUT2D eigenvalue weighted by Crippen LogP contribution is 2.37. The number of morpholine rings is 1. The first kappa shape index (κ1) is 18.3. The smallest absolute Gasteiger partial charge is 0.130 e. The highest BCUT2D eigenvalue weighted by Gasteiger charge is 2.30. The second-order valence-electron chi connectivity index (χ2n) is 7.30. The minimum Gasteiger partial charge on any atom is -0.384 e. The monoisotopic (exact) mass is 368 g/mol. The van der Waals surface area contributed by atoms with Gasteiger partial charge in [0, 0.05) is 75.8 Å². The normalized spacial score (nSPS) is 20.0. The number of anilines is 1. The van der Waals surface area contributed by atoms with Crippen molar-refractivity contribution in [3.63, 3.8) is 0 Å². The van der Waals surface area contributed by atoms with Crippen LogP contribution in [-0.2, 0) is 22.4 Å². The lowest BCUT2D eigenvalue weighted by molar-refractivity contribution is 0.0356. The molecule has 0 spiro atoms. The van der Waals surface area contributed by atoms with Crippen molar-refractivity contribution in [2.24, 2.45) is 0 Å². The fourth-order valence-corrected chi connectivity index (χ4v) is 3.99. The van der Waals surface area contributed by atoms with Gasteiger partial charge in [-0.25, -0.2) is 9.97 Å². The predicted octanol–water partition coefficient (Wildman–Crippen LogP) is 2.10. The number of para-hydroxylation sites is 1. The maximum atomic E-state index is 5.49. The van der Waals surface area contributed by atoms with Crippen LogP contribution in [0.4, 0.5) is 5.69 Å². The van der Waals surface area contributed by atoms with Crippen molar-refractivity contribution in [3.8, 4) is 0 Å². The molecule has 6 nitrogen and oxygen atoms in total. The molecule has 1 unspecified atom stereocenters. The van der Waals surface area contributed by atoms with Crippen LogP contribution >= 0.6 is 0 Å². The lowest BCUT2D eigenvalue weighted by Gasteiger charge is -2.29. The summed E-state index contributed by atoms with van der Waals surface area (Å²) >= 11 is 0. The van der Waals surface area contributed by atoms with Gasteiger partial charge in [0.1, 0.15) is 5.82 Å². The molecular weight excluding hydrogens is 340 g/mol. The first-order valence-corrected chi connectivity index (χ1v) is 9.76. The standard InChI is InChI=1S/C21H28N4O2/c1-26-9-6-21-22-12-17(13-23-21)14-25-16-18(15-24-7-10-27-11-8-24)19-4-2-3-5-20(19)25/h2-5,12-13,18H,6-11,14-16H2,1H3. The van der Waals surface area contributed by atoms with E-state index in [0.29, 0.717) is 12.5 Å². The summed E-state index contributed by atoms with van der Waals surface area (Å²) in [6.45, 7) is 7.43. The van der Waals surface area contributed by atoms with Crippen LogP contribution in [0, 0.1) is 0 Å². The molecule has 2 aromatic rings. The predicted molar refractivity (Wildman–Crippen MR) is 105 cm³/mol. The number of ether oxygens (including phenoxy) is 2. The van der Waals surface area contributed by atoms with Gasteiger partial charge in [-0.2, -0.15) is 0 Å². The number of methoxy groups -OCH3 is 1. The van der Waals surface area contributed by atoms with Gasteiger partial charge in [0.15, 0.2) is 0 Å². The Bertz CT molecular complexity index is 731. The Morgan fingerprint density at radius 3 is 2.70 bits per heavy atom. The summed E-state index contributed by atoms with van der Waals surface area (Å²) < 4.78 is 10.6. The van der Waals surface area contributed by atoms with E-state index in [2.05, 4.69) is 44.0 Å². The van der Waals surface area contributed by atoms with Crippen LogP contribution in [0.25, 0.3) is 0 Å². The molecule has 0 saturated carbocycles. The van der Waals surface area contributed by atoms with Crippen molar-refractivity contribution in [3.05, 3.63) is 53.6 Å². The van der Waals surface area contributed by atoms with Gasteiger partial charge in [0.25, 0.3) is 0 Å². The minimum absolute atomic E-state index is 0.543. The highest BCUT2D eigenvalue weighted by atomic mass is 16.5. The van der Waals surface area contributed by atoms with Crippen molar-refractivity contribution < 1.29 is 9.47 Å². The van der Waals surface area contributed by atoms with Crippen LogP contribution in [0.3, 0.4) is 0 Å². The first-order chi connectivity index (χ1) is 13.3. The Morgan fingerprint density at radius 1 is 1.15 bits per heavy atom. The fourth-order valence-electron chi connectivity index (χ4n) is 3.99. The maximum absolute atomic E-state index is 5.49. The van der Waals surface area contributed by atoms with Gasteiger partial charge in [0.2, 0.25) is 0 Å². The molecule has 0 amide bonds. The molecule has 4 rings (SSSR count). The van der Waals surface area contributed by atoms with E-state index >= 15 is 0 Å². The Morgan fingerprint density at radius 2 is 1.93 bits per heavy atom. The molecule has 1 fully saturated rings. The van der Waals surface area contributed by atoms with E-state index in [0.717, 1.165) is 63.7 Å². The number of rotatable bonds is 7. The zero-order valence-electron chi connectivity index (χ0n) is 16.0. The number of nitrogens with zero attached hydrogens (tertiary/aromatic N) is 4. The summed E-state index contributed by atoms with van der Waals surface area (Å²) in [7, 11) is 1.70. The molecule has 0 radical (unpaired) electrons. The molecule has 1 saturated heterocycles. The molecular formula is C21H28N4O2. The summed E-state index contributed by atoms with van der Waals surface area (Å²) in [5.74, 6) is 1.38. The second kappa shape index (κ2) is 8.78. The summed E-state index contributed by atoms with van der Waals surface area (Å²) in [6, 6.07) is 8.81. The van der Waals surface area contributed by atoms with Crippen molar-refractivity contribution in [2.45, 2.75) is 18.9 Å². The largest absolute Gasteiger partial charge is 0.384 e. The fraction of sp³-hybridized carbons (Fsp3) is 0.524. The van der Waals surface area contributed by atoms with Gasteiger partial charge in [-0.3, -0.25) is 4.90 Å². The molecule has 3 heterocycles. The van der Waals surface area contributed by atoms with E-state index in [9.17, 15) is 0 Å². The van der Waals surface area contributed by atoms with Gasteiger partial charge in [-0.05, 0) is 11.6 Å². The molecule has 144 valence electrons. The second-order valence-corrected chi connectivity index (χ2v) is 7.30. The zero-order chi connectivity index (χ0) is 18.5. The van der Waals surface area contributed by atoms with E-state index in [1.54, 1.807) is 7.11 Å². The Hall–Kier alpha value is -2.02. The summed E-state index contributed by atoms with van der Waals surface area (Å²) in [5.41, 5.74) is 3.96. The first-order valence-electron chi connectivity index (χ1n) is 9.76. The van der Waals surface area contributed by atoms with Crippen LogP contribution in [0.2, 0.25) is 0 Å². The van der Waals surface area contributed by atoms with Crippen molar-refractivity contribution in [1.29, 1.82) is 0 Å². The van der Waals surface area contributed by atoms with Crippen LogP contribution in [-0.4, -0.2) is 68.0 Å². The summed E-state index contributed by atoms with van der Waals surface area (Å²) in [6.07, 6.45) is 4.66. The van der Waals surface area contributed by atoms with E-state index in [4.69, 9.17) is 9.47 Å². The summed E-state index contributed by atoms with van der Waals surface area (Å²) in [5, 5.41) is 0. The van der Waals surface area contributed by atoms with Crippen molar-refractivity contribution >= 4 is 5.69 Å². The lowest BCUT2D eigenvalue weighted by Crippen LogP contribution is -2.39. The van der Waals surface area contributed by atoms with Crippen LogP contribution in [0.1, 0.15) is 22.9 Å². The molecule has 27 heavy (non-hydrogen) atoms. The Balaban J connectivity index is 1.43. The van der Waals surface area contributed by atoms with Crippen molar-refractivity contribution in [1.82, 2.24) is 14.9 Å². The van der Waals surface area contributed by atoms with Gasteiger partial charge >= 0.3 is 0 Å². The molecule has 0 bridgehead atoms. The molecule has 1 aromatic carbocycles. The van der Waals surface area contributed by atoms with E-state index in [1.165, 1.54) is 11.3 Å². The number of hydrogen-bond donors (Lipinski definition) is 0. The number of benzene rings is 1. The van der Waals surface area contributed by atoms with Crippen LogP contribution < -0.4 is 4.90 Å². The lowest BCUT2D eigenvalue weighted by atomic mass is 10.0. The zero-order valence-corrected chi connectivity index (χ0v) is 16.0. The van der Waals surface area contributed by atoms with Crippen LogP contribution in [0.5, 0.6) is 0 Å². The quantitative estimate of drug-likeness (QED) is 0.746. The molecule has 1 aromatic heterocycles. The number of aromatic nitrogens is 2. The molecule has 0 aliphatic carbocycles. The topological polar surface area (TPSA) is 50.7 Å².